The van der Waals surface area contributed by atoms with Gasteiger partial charge in [-0.1, -0.05) is 450 Å². The van der Waals surface area contributed by atoms with Crippen LogP contribution >= 0.6 is 0 Å². The molecule has 0 heterocycles. The third-order valence-corrected chi connectivity index (χ3v) is 19.9. The van der Waals surface area contributed by atoms with E-state index in [0.717, 1.165) is 38.5 Å². The van der Waals surface area contributed by atoms with Crippen LogP contribution < -0.4 is 5.32 Å². The first-order valence-corrected chi connectivity index (χ1v) is 41.3. The highest BCUT2D eigenvalue weighted by Crippen LogP contribution is 2.21. The predicted octanol–water partition coefficient (Wildman–Crippen LogP) is 27.3. The van der Waals surface area contributed by atoms with Gasteiger partial charge in [0.15, 0.2) is 0 Å². The molecule has 0 aromatic rings. The van der Waals surface area contributed by atoms with E-state index < -0.39 is 12.1 Å². The maximum Gasteiger partial charge on any atom is 0.305 e. The number of carbonyl (C=O) groups excluding carboxylic acids is 2. The quantitative estimate of drug-likeness (QED) is 0.0417. The topological polar surface area (TPSA) is 95.9 Å². The molecular formula is C82H163NO5. The zero-order valence-corrected chi connectivity index (χ0v) is 60.5. The first kappa shape index (κ1) is 86.9. The van der Waals surface area contributed by atoms with Crippen molar-refractivity contribution in [2.45, 2.75) is 501 Å². The monoisotopic (exact) mass is 1240 g/mol. The molecule has 0 fully saturated rings. The van der Waals surface area contributed by atoms with Crippen molar-refractivity contribution < 1.29 is 24.5 Å². The van der Waals surface area contributed by atoms with Gasteiger partial charge in [-0.05, 0) is 25.7 Å². The second-order valence-electron chi connectivity index (χ2n) is 28.8. The molecule has 0 aliphatic rings. The fraction of sp³-hybridized carbons (Fsp3) is 0.976. The van der Waals surface area contributed by atoms with E-state index in [1.165, 1.54) is 417 Å². The number of carbonyl (C=O) groups is 2. The van der Waals surface area contributed by atoms with Crippen molar-refractivity contribution in [2.24, 2.45) is 0 Å². The van der Waals surface area contributed by atoms with Crippen molar-refractivity contribution in [3.8, 4) is 0 Å². The van der Waals surface area contributed by atoms with Crippen LogP contribution in [0.4, 0.5) is 0 Å². The lowest BCUT2D eigenvalue weighted by molar-refractivity contribution is -0.143. The molecule has 0 bridgehead atoms. The van der Waals surface area contributed by atoms with E-state index in [9.17, 15) is 19.8 Å². The minimum atomic E-state index is -0.658. The van der Waals surface area contributed by atoms with Crippen LogP contribution in [0.25, 0.3) is 0 Å². The Balaban J connectivity index is 3.25. The van der Waals surface area contributed by atoms with Crippen LogP contribution in [0.3, 0.4) is 0 Å². The number of ether oxygens (including phenoxy) is 1. The van der Waals surface area contributed by atoms with Crippen LogP contribution in [0.2, 0.25) is 0 Å². The number of hydrogen-bond donors (Lipinski definition) is 3. The summed E-state index contributed by atoms with van der Waals surface area (Å²) >= 11 is 0. The Hall–Kier alpha value is -1.14. The van der Waals surface area contributed by atoms with Crippen molar-refractivity contribution >= 4 is 11.9 Å². The van der Waals surface area contributed by atoms with Gasteiger partial charge < -0.3 is 20.3 Å². The smallest absolute Gasteiger partial charge is 0.305 e. The summed E-state index contributed by atoms with van der Waals surface area (Å²) in [5.74, 6) is 0.00493. The molecule has 0 aromatic heterocycles. The second-order valence-corrected chi connectivity index (χ2v) is 28.8. The highest BCUT2D eigenvalue weighted by Gasteiger charge is 2.20. The van der Waals surface area contributed by atoms with Gasteiger partial charge in [0, 0.05) is 12.8 Å². The van der Waals surface area contributed by atoms with Crippen molar-refractivity contribution in [1.29, 1.82) is 0 Å². The van der Waals surface area contributed by atoms with Crippen LogP contribution in [-0.4, -0.2) is 47.4 Å². The van der Waals surface area contributed by atoms with E-state index in [1.54, 1.807) is 0 Å². The molecule has 0 spiro atoms. The molecule has 1 amide bonds. The van der Waals surface area contributed by atoms with Crippen LogP contribution in [0.5, 0.6) is 0 Å². The molecule has 3 N–H and O–H groups in total. The first-order chi connectivity index (χ1) is 43.5. The van der Waals surface area contributed by atoms with Crippen molar-refractivity contribution in [3.05, 3.63) is 0 Å². The summed E-state index contributed by atoms with van der Waals surface area (Å²) in [4.78, 5) is 24.6. The second kappa shape index (κ2) is 78.3. The number of aliphatic hydroxyl groups is 2. The number of rotatable bonds is 79. The Morgan fingerprint density at radius 3 is 0.693 bits per heavy atom. The van der Waals surface area contributed by atoms with E-state index in [2.05, 4.69) is 19.2 Å². The molecular weight excluding hydrogens is 1080 g/mol. The number of nitrogens with one attached hydrogen (secondary N) is 1. The molecule has 6 nitrogen and oxygen atoms in total. The zero-order chi connectivity index (χ0) is 63.5. The van der Waals surface area contributed by atoms with E-state index in [0.29, 0.717) is 25.9 Å². The Bertz CT molecular complexity index is 1290. The molecule has 0 aromatic carbocycles. The summed E-state index contributed by atoms with van der Waals surface area (Å²) in [6.07, 6.45) is 98.0. The lowest BCUT2D eigenvalue weighted by Gasteiger charge is -2.22. The predicted molar refractivity (Wildman–Crippen MR) is 389 cm³/mol. The minimum absolute atomic E-state index is 0.0254. The molecule has 0 aliphatic heterocycles. The molecule has 526 valence electrons. The summed E-state index contributed by atoms with van der Waals surface area (Å²) in [6, 6.07) is -0.535. The number of aliphatic hydroxyl groups excluding tert-OH is 2. The normalized spacial score (nSPS) is 12.4. The summed E-state index contributed by atoms with van der Waals surface area (Å²) in [5.41, 5.74) is 0. The van der Waals surface area contributed by atoms with Crippen LogP contribution in [-0.2, 0) is 14.3 Å². The van der Waals surface area contributed by atoms with E-state index in [1.807, 2.05) is 0 Å². The van der Waals surface area contributed by atoms with E-state index >= 15 is 0 Å². The number of amides is 1. The van der Waals surface area contributed by atoms with Gasteiger partial charge in [0.1, 0.15) is 0 Å². The Morgan fingerprint density at radius 1 is 0.273 bits per heavy atom. The number of unbranched alkanes of at least 4 members (excludes halogenated alkanes) is 68. The van der Waals surface area contributed by atoms with Crippen molar-refractivity contribution in [3.63, 3.8) is 0 Å². The van der Waals surface area contributed by atoms with Gasteiger partial charge >= 0.3 is 5.97 Å². The SMILES string of the molecule is CCCCCCCCCCCCCCCCCCCCCC(=O)OCCCCCCCCCCCCCCCCCCCCCCCCCCCCCCCCCCCCCCCCCC(=O)NC(CO)C(O)CCCCCCCCCCCCCCC. The average Bonchev–Trinajstić information content (AvgIpc) is 3.54. The Kier molecular flexibility index (Phi) is 77.3. The van der Waals surface area contributed by atoms with Crippen molar-refractivity contribution in [2.75, 3.05) is 13.2 Å². The van der Waals surface area contributed by atoms with Gasteiger partial charge in [-0.15, -0.1) is 0 Å². The van der Waals surface area contributed by atoms with Gasteiger partial charge in [0.25, 0.3) is 0 Å². The lowest BCUT2D eigenvalue weighted by atomic mass is 10.0. The molecule has 88 heavy (non-hydrogen) atoms. The van der Waals surface area contributed by atoms with Crippen LogP contribution in [0.1, 0.15) is 489 Å². The third kappa shape index (κ3) is 73.9. The maximum atomic E-state index is 12.5. The lowest BCUT2D eigenvalue weighted by Crippen LogP contribution is -2.45. The average molecular weight is 1240 g/mol. The molecule has 0 radical (unpaired) electrons. The minimum Gasteiger partial charge on any atom is -0.466 e. The largest absolute Gasteiger partial charge is 0.466 e. The summed E-state index contributed by atoms with van der Waals surface area (Å²) in [7, 11) is 0. The van der Waals surface area contributed by atoms with Gasteiger partial charge in [-0.3, -0.25) is 9.59 Å². The summed E-state index contributed by atoms with van der Waals surface area (Å²) in [5, 5.41) is 23.3. The first-order valence-electron chi connectivity index (χ1n) is 41.3. The number of hydrogen-bond acceptors (Lipinski definition) is 5. The van der Waals surface area contributed by atoms with E-state index in [-0.39, 0.29) is 18.5 Å². The van der Waals surface area contributed by atoms with Crippen LogP contribution in [0, 0.1) is 0 Å². The molecule has 0 rings (SSSR count). The third-order valence-electron chi connectivity index (χ3n) is 19.9. The van der Waals surface area contributed by atoms with Gasteiger partial charge in [-0.25, -0.2) is 0 Å². The Labute approximate surface area is 553 Å². The molecule has 0 saturated heterocycles. The van der Waals surface area contributed by atoms with Gasteiger partial charge in [-0.2, -0.15) is 0 Å². The van der Waals surface area contributed by atoms with Gasteiger partial charge in [0.05, 0.1) is 25.4 Å². The molecule has 0 aliphatic carbocycles. The fourth-order valence-corrected chi connectivity index (χ4v) is 13.6. The van der Waals surface area contributed by atoms with Gasteiger partial charge in [0.2, 0.25) is 5.91 Å². The summed E-state index contributed by atoms with van der Waals surface area (Å²) in [6.45, 7) is 5.01. The maximum absolute atomic E-state index is 12.5. The molecule has 2 unspecified atom stereocenters. The fourth-order valence-electron chi connectivity index (χ4n) is 13.6. The van der Waals surface area contributed by atoms with Crippen molar-refractivity contribution in [1.82, 2.24) is 5.32 Å². The summed E-state index contributed by atoms with van der Waals surface area (Å²) < 4.78 is 5.53. The molecule has 6 heteroatoms. The van der Waals surface area contributed by atoms with Crippen LogP contribution in [0.15, 0.2) is 0 Å². The zero-order valence-electron chi connectivity index (χ0n) is 60.5. The standard InChI is InChI=1S/C82H163NO5/c1-3-5-7-9-11-13-15-17-18-19-41-45-48-52-56-60-64-68-72-76-82(87)88-77-73-69-65-61-57-53-49-46-43-40-38-36-34-32-30-28-26-24-22-20-21-23-25-27-29-31-33-35-37-39-42-44-47-51-55-59-63-67-71-75-81(86)83-79(78-84)80(85)74-70-66-62-58-54-50-16-14-12-10-8-6-4-2/h79-80,84-85H,3-78H2,1-2H3,(H,83,86). The molecule has 2 atom stereocenters. The van der Waals surface area contributed by atoms with E-state index in [4.69, 9.17) is 4.74 Å². The highest BCUT2D eigenvalue weighted by atomic mass is 16.5. The number of esters is 1. The molecule has 0 saturated carbocycles. The highest BCUT2D eigenvalue weighted by molar-refractivity contribution is 5.76. The Morgan fingerprint density at radius 2 is 0.466 bits per heavy atom.